The fourth-order valence-electron chi connectivity index (χ4n) is 1.86. The Hall–Kier alpha value is -2.29. The zero-order valence-electron chi connectivity index (χ0n) is 11.1. The van der Waals surface area contributed by atoms with Gasteiger partial charge in [0.05, 0.1) is 12.8 Å². The molecule has 3 nitrogen and oxygen atoms in total. The van der Waals surface area contributed by atoms with Crippen molar-refractivity contribution in [1.82, 2.24) is 0 Å². The minimum atomic E-state index is 0.0467. The van der Waals surface area contributed by atoms with Crippen LogP contribution in [-0.2, 0) is 6.54 Å². The van der Waals surface area contributed by atoms with Crippen LogP contribution in [0.15, 0.2) is 48.5 Å². The molecule has 0 saturated heterocycles. The highest BCUT2D eigenvalue weighted by Gasteiger charge is 2.06. The third-order valence-corrected chi connectivity index (χ3v) is 2.93. The van der Waals surface area contributed by atoms with Gasteiger partial charge in [0.2, 0.25) is 0 Å². The number of hydrogen-bond donors (Lipinski definition) is 1. The third-order valence-electron chi connectivity index (χ3n) is 2.93. The predicted octanol–water partition coefficient (Wildman–Crippen LogP) is 3.51. The van der Waals surface area contributed by atoms with Crippen molar-refractivity contribution in [2.75, 3.05) is 12.4 Å². The first-order valence-corrected chi connectivity index (χ1v) is 6.17. The lowest BCUT2D eigenvalue weighted by Gasteiger charge is -2.12. The summed E-state index contributed by atoms with van der Waals surface area (Å²) in [4.78, 5) is 11.4. The Morgan fingerprint density at radius 2 is 1.89 bits per heavy atom. The van der Waals surface area contributed by atoms with Crippen LogP contribution in [0.4, 0.5) is 5.69 Å². The van der Waals surface area contributed by atoms with Gasteiger partial charge in [0.25, 0.3) is 0 Å². The van der Waals surface area contributed by atoms with Crippen LogP contribution >= 0.6 is 0 Å². The number of hydrogen-bond acceptors (Lipinski definition) is 3. The summed E-state index contributed by atoms with van der Waals surface area (Å²) in [6.45, 7) is 2.25. The van der Waals surface area contributed by atoms with E-state index >= 15 is 0 Å². The smallest absolute Gasteiger partial charge is 0.159 e. The van der Waals surface area contributed by atoms with Crippen molar-refractivity contribution >= 4 is 11.5 Å². The molecule has 19 heavy (non-hydrogen) atoms. The van der Waals surface area contributed by atoms with E-state index in [1.165, 1.54) is 5.56 Å². The van der Waals surface area contributed by atoms with E-state index in [1.54, 1.807) is 20.1 Å². The van der Waals surface area contributed by atoms with Crippen LogP contribution in [0.5, 0.6) is 5.75 Å². The van der Waals surface area contributed by atoms with E-state index in [1.807, 2.05) is 42.5 Å². The van der Waals surface area contributed by atoms with E-state index in [0.29, 0.717) is 12.1 Å². The molecule has 2 aromatic rings. The SMILES string of the molecule is COc1ccc(C(C)=O)cc1NCc1ccccc1. The van der Waals surface area contributed by atoms with E-state index in [4.69, 9.17) is 4.74 Å². The average Bonchev–Trinajstić information content (AvgIpc) is 2.45. The van der Waals surface area contributed by atoms with Gasteiger partial charge in [-0.3, -0.25) is 4.79 Å². The van der Waals surface area contributed by atoms with Crippen molar-refractivity contribution in [3.8, 4) is 5.75 Å². The van der Waals surface area contributed by atoms with Crippen molar-refractivity contribution in [2.45, 2.75) is 13.5 Å². The van der Waals surface area contributed by atoms with Crippen LogP contribution in [0.2, 0.25) is 0 Å². The minimum Gasteiger partial charge on any atom is -0.495 e. The molecule has 0 saturated carbocycles. The molecule has 0 amide bonds. The summed E-state index contributed by atoms with van der Waals surface area (Å²) in [5, 5.41) is 3.30. The Morgan fingerprint density at radius 3 is 2.53 bits per heavy atom. The Bertz CT molecular complexity index is 564. The van der Waals surface area contributed by atoms with Crippen molar-refractivity contribution in [1.29, 1.82) is 0 Å². The van der Waals surface area contributed by atoms with Crippen molar-refractivity contribution in [2.24, 2.45) is 0 Å². The molecule has 0 heterocycles. The molecule has 0 aromatic heterocycles. The third kappa shape index (κ3) is 3.35. The molecule has 0 spiro atoms. The predicted molar refractivity (Wildman–Crippen MR) is 76.8 cm³/mol. The average molecular weight is 255 g/mol. The monoisotopic (exact) mass is 255 g/mol. The highest BCUT2D eigenvalue weighted by Crippen LogP contribution is 2.26. The summed E-state index contributed by atoms with van der Waals surface area (Å²) in [7, 11) is 1.62. The van der Waals surface area contributed by atoms with E-state index in [0.717, 1.165) is 11.4 Å². The normalized spacial score (nSPS) is 10.0. The fraction of sp³-hybridized carbons (Fsp3) is 0.188. The van der Waals surface area contributed by atoms with Crippen LogP contribution in [0.1, 0.15) is 22.8 Å². The minimum absolute atomic E-state index is 0.0467. The number of anilines is 1. The number of carbonyl (C=O) groups excluding carboxylic acids is 1. The zero-order valence-corrected chi connectivity index (χ0v) is 11.1. The Labute approximate surface area is 113 Å². The van der Waals surface area contributed by atoms with Crippen molar-refractivity contribution < 1.29 is 9.53 Å². The molecule has 0 unspecified atom stereocenters. The Kier molecular flexibility index (Phi) is 4.18. The van der Waals surface area contributed by atoms with Gasteiger partial charge in [-0.25, -0.2) is 0 Å². The summed E-state index contributed by atoms with van der Waals surface area (Å²) in [6.07, 6.45) is 0. The van der Waals surface area contributed by atoms with E-state index < -0.39 is 0 Å². The molecule has 0 radical (unpaired) electrons. The second kappa shape index (κ2) is 6.05. The number of ether oxygens (including phenoxy) is 1. The summed E-state index contributed by atoms with van der Waals surface area (Å²) in [6, 6.07) is 15.5. The van der Waals surface area contributed by atoms with Gasteiger partial charge in [-0.2, -0.15) is 0 Å². The summed E-state index contributed by atoms with van der Waals surface area (Å²) in [5.41, 5.74) is 2.69. The van der Waals surface area contributed by atoms with Gasteiger partial charge < -0.3 is 10.1 Å². The Balaban J connectivity index is 2.18. The van der Waals surface area contributed by atoms with Crippen LogP contribution < -0.4 is 10.1 Å². The topological polar surface area (TPSA) is 38.3 Å². The first kappa shape index (κ1) is 13.1. The second-order valence-corrected chi connectivity index (χ2v) is 4.31. The molecule has 2 aromatic carbocycles. The number of ketones is 1. The van der Waals surface area contributed by atoms with Gasteiger partial charge in [-0.15, -0.1) is 0 Å². The quantitative estimate of drug-likeness (QED) is 0.831. The lowest BCUT2D eigenvalue weighted by atomic mass is 10.1. The maximum Gasteiger partial charge on any atom is 0.159 e. The van der Waals surface area contributed by atoms with Gasteiger partial charge in [0.1, 0.15) is 5.75 Å². The van der Waals surface area contributed by atoms with E-state index in [9.17, 15) is 4.79 Å². The second-order valence-electron chi connectivity index (χ2n) is 4.31. The highest BCUT2D eigenvalue weighted by atomic mass is 16.5. The van der Waals surface area contributed by atoms with E-state index in [-0.39, 0.29) is 5.78 Å². The number of benzene rings is 2. The molecule has 2 rings (SSSR count). The van der Waals surface area contributed by atoms with Gasteiger partial charge in [0.15, 0.2) is 5.78 Å². The molecule has 98 valence electrons. The molecule has 0 aliphatic heterocycles. The van der Waals surface area contributed by atoms with Gasteiger partial charge in [-0.1, -0.05) is 30.3 Å². The van der Waals surface area contributed by atoms with Gasteiger partial charge in [0, 0.05) is 12.1 Å². The lowest BCUT2D eigenvalue weighted by Crippen LogP contribution is -2.03. The first-order valence-electron chi connectivity index (χ1n) is 6.17. The van der Waals surface area contributed by atoms with E-state index in [2.05, 4.69) is 5.32 Å². The fourth-order valence-corrected chi connectivity index (χ4v) is 1.86. The zero-order chi connectivity index (χ0) is 13.7. The number of nitrogens with one attached hydrogen (secondary N) is 1. The molecule has 0 atom stereocenters. The molecule has 0 fully saturated rings. The summed E-state index contributed by atoms with van der Waals surface area (Å²) in [5.74, 6) is 0.784. The molecule has 0 aliphatic rings. The van der Waals surface area contributed by atoms with Crippen LogP contribution in [0.25, 0.3) is 0 Å². The number of Topliss-reactive ketones (excluding diaryl/α,β-unsaturated/α-hetero) is 1. The van der Waals surface area contributed by atoms with Gasteiger partial charge >= 0.3 is 0 Å². The largest absolute Gasteiger partial charge is 0.495 e. The van der Waals surface area contributed by atoms with Crippen LogP contribution in [0.3, 0.4) is 0 Å². The maximum absolute atomic E-state index is 11.4. The first-order chi connectivity index (χ1) is 9.20. The van der Waals surface area contributed by atoms with Crippen LogP contribution in [0, 0.1) is 0 Å². The molecule has 0 bridgehead atoms. The number of carbonyl (C=O) groups is 1. The number of methoxy groups -OCH3 is 1. The van der Waals surface area contributed by atoms with Crippen molar-refractivity contribution in [3.63, 3.8) is 0 Å². The lowest BCUT2D eigenvalue weighted by molar-refractivity contribution is 0.101. The van der Waals surface area contributed by atoms with Gasteiger partial charge in [-0.05, 0) is 30.7 Å². The molecular weight excluding hydrogens is 238 g/mol. The van der Waals surface area contributed by atoms with Crippen LogP contribution in [-0.4, -0.2) is 12.9 Å². The highest BCUT2D eigenvalue weighted by molar-refractivity contribution is 5.95. The number of rotatable bonds is 5. The molecule has 1 N–H and O–H groups in total. The standard InChI is InChI=1S/C16H17NO2/c1-12(18)14-8-9-16(19-2)15(10-14)17-11-13-6-4-3-5-7-13/h3-10,17H,11H2,1-2H3. The maximum atomic E-state index is 11.4. The molecule has 3 heteroatoms. The Morgan fingerprint density at radius 1 is 1.16 bits per heavy atom. The summed E-state index contributed by atoms with van der Waals surface area (Å²) < 4.78 is 5.29. The summed E-state index contributed by atoms with van der Waals surface area (Å²) >= 11 is 0. The molecular formula is C16H17NO2. The van der Waals surface area contributed by atoms with Crippen molar-refractivity contribution in [3.05, 3.63) is 59.7 Å². The molecule has 0 aliphatic carbocycles.